The fourth-order valence-corrected chi connectivity index (χ4v) is 2.06. The molecule has 0 unspecified atom stereocenters. The summed E-state index contributed by atoms with van der Waals surface area (Å²) in [5.41, 5.74) is -0.378. The standard InChI is InChI=1S/C13H17N3O2S/c1-13(2,3)12(17)14-7-6-10-15-11(16-18-10)9-5-4-8-19-9/h4-5,8H,6-7H2,1-3H3,(H,14,17). The number of aromatic nitrogens is 2. The molecule has 0 aromatic carbocycles. The lowest BCUT2D eigenvalue weighted by molar-refractivity contribution is -0.128. The molecule has 5 nitrogen and oxygen atoms in total. The predicted octanol–water partition coefficient (Wildman–Crippen LogP) is 2.50. The van der Waals surface area contributed by atoms with E-state index in [0.717, 1.165) is 4.88 Å². The second-order valence-electron chi connectivity index (χ2n) is 5.24. The molecule has 1 N–H and O–H groups in total. The van der Waals surface area contributed by atoms with E-state index in [-0.39, 0.29) is 11.3 Å². The third-order valence-corrected chi connectivity index (χ3v) is 3.38. The predicted molar refractivity (Wildman–Crippen MR) is 73.8 cm³/mol. The Morgan fingerprint density at radius 1 is 1.47 bits per heavy atom. The minimum Gasteiger partial charge on any atom is -0.355 e. The van der Waals surface area contributed by atoms with Crippen LogP contribution in [0.3, 0.4) is 0 Å². The lowest BCUT2D eigenvalue weighted by atomic mass is 9.96. The molecule has 0 radical (unpaired) electrons. The summed E-state index contributed by atoms with van der Waals surface area (Å²) in [4.78, 5) is 16.9. The highest BCUT2D eigenvalue weighted by Gasteiger charge is 2.20. The molecular weight excluding hydrogens is 262 g/mol. The van der Waals surface area contributed by atoms with Crippen LogP contribution in [0.2, 0.25) is 0 Å². The van der Waals surface area contributed by atoms with Crippen LogP contribution < -0.4 is 5.32 Å². The molecule has 6 heteroatoms. The smallest absolute Gasteiger partial charge is 0.228 e. The van der Waals surface area contributed by atoms with Crippen LogP contribution >= 0.6 is 11.3 Å². The summed E-state index contributed by atoms with van der Waals surface area (Å²) < 4.78 is 5.15. The van der Waals surface area contributed by atoms with Gasteiger partial charge in [-0.3, -0.25) is 4.79 Å². The molecule has 0 aliphatic heterocycles. The third-order valence-electron chi connectivity index (χ3n) is 2.52. The molecule has 0 saturated carbocycles. The van der Waals surface area contributed by atoms with E-state index in [0.29, 0.717) is 24.7 Å². The number of rotatable bonds is 4. The molecule has 2 rings (SSSR count). The van der Waals surface area contributed by atoms with Gasteiger partial charge in [0.25, 0.3) is 0 Å². The Hall–Kier alpha value is -1.69. The molecule has 0 aliphatic carbocycles. The maximum atomic E-state index is 11.7. The maximum Gasteiger partial charge on any atom is 0.228 e. The quantitative estimate of drug-likeness (QED) is 0.933. The number of amides is 1. The molecule has 0 saturated heterocycles. The van der Waals surface area contributed by atoms with Crippen LogP contribution in [0.4, 0.5) is 0 Å². The van der Waals surface area contributed by atoms with Crippen LogP contribution in [0, 0.1) is 5.41 Å². The van der Waals surface area contributed by atoms with E-state index < -0.39 is 0 Å². The molecule has 0 spiro atoms. The monoisotopic (exact) mass is 279 g/mol. The zero-order valence-electron chi connectivity index (χ0n) is 11.3. The van der Waals surface area contributed by atoms with E-state index in [1.165, 1.54) is 0 Å². The van der Waals surface area contributed by atoms with Crippen molar-refractivity contribution in [1.82, 2.24) is 15.5 Å². The van der Waals surface area contributed by atoms with Gasteiger partial charge in [0.05, 0.1) is 4.88 Å². The van der Waals surface area contributed by atoms with Gasteiger partial charge in [-0.25, -0.2) is 0 Å². The van der Waals surface area contributed by atoms with Crippen molar-refractivity contribution >= 4 is 17.2 Å². The van der Waals surface area contributed by atoms with Crippen molar-refractivity contribution in [3.05, 3.63) is 23.4 Å². The normalized spacial score (nSPS) is 11.5. The van der Waals surface area contributed by atoms with Gasteiger partial charge in [-0.15, -0.1) is 11.3 Å². The highest BCUT2D eigenvalue weighted by molar-refractivity contribution is 7.13. The van der Waals surface area contributed by atoms with E-state index in [1.807, 2.05) is 38.3 Å². The topological polar surface area (TPSA) is 68.0 Å². The summed E-state index contributed by atoms with van der Waals surface area (Å²) in [6, 6.07) is 3.89. The van der Waals surface area contributed by atoms with Crippen molar-refractivity contribution in [2.75, 3.05) is 6.54 Å². The fourth-order valence-electron chi connectivity index (χ4n) is 1.41. The first-order chi connectivity index (χ1) is 8.97. The number of carbonyl (C=O) groups excluding carboxylic acids is 1. The summed E-state index contributed by atoms with van der Waals surface area (Å²) in [6.07, 6.45) is 0.542. The van der Waals surface area contributed by atoms with Crippen LogP contribution in [0.25, 0.3) is 10.7 Å². The first kappa shape index (κ1) is 13.7. The maximum absolute atomic E-state index is 11.7. The number of thiophene rings is 1. The Labute approximate surface area is 116 Å². The second kappa shape index (κ2) is 5.52. The van der Waals surface area contributed by atoms with Crippen LogP contribution in [0.15, 0.2) is 22.0 Å². The van der Waals surface area contributed by atoms with Gasteiger partial charge in [0, 0.05) is 18.4 Å². The van der Waals surface area contributed by atoms with Gasteiger partial charge in [-0.05, 0) is 11.4 Å². The van der Waals surface area contributed by atoms with E-state index >= 15 is 0 Å². The number of hydrogen-bond acceptors (Lipinski definition) is 5. The molecule has 0 bridgehead atoms. The largest absolute Gasteiger partial charge is 0.355 e. The van der Waals surface area contributed by atoms with E-state index in [4.69, 9.17) is 4.52 Å². The van der Waals surface area contributed by atoms with Crippen molar-refractivity contribution in [1.29, 1.82) is 0 Å². The summed E-state index contributed by atoms with van der Waals surface area (Å²) >= 11 is 1.57. The van der Waals surface area contributed by atoms with Crippen molar-refractivity contribution in [2.45, 2.75) is 27.2 Å². The van der Waals surface area contributed by atoms with Crippen LogP contribution in [-0.4, -0.2) is 22.6 Å². The fraction of sp³-hybridized carbons (Fsp3) is 0.462. The molecule has 2 aromatic rings. The molecule has 102 valence electrons. The molecule has 0 fully saturated rings. The number of hydrogen-bond donors (Lipinski definition) is 1. The molecule has 0 aliphatic rings. The van der Waals surface area contributed by atoms with Gasteiger partial charge in [0.15, 0.2) is 0 Å². The minimum absolute atomic E-state index is 0.0190. The first-order valence-corrected chi connectivity index (χ1v) is 6.99. The molecule has 0 atom stereocenters. The average Bonchev–Trinajstić information content (AvgIpc) is 2.97. The Kier molecular flexibility index (Phi) is 3.99. The highest BCUT2D eigenvalue weighted by atomic mass is 32.1. The Bertz CT molecular complexity index is 540. The van der Waals surface area contributed by atoms with E-state index in [9.17, 15) is 4.79 Å². The zero-order valence-corrected chi connectivity index (χ0v) is 12.1. The van der Waals surface area contributed by atoms with Crippen LogP contribution in [-0.2, 0) is 11.2 Å². The second-order valence-corrected chi connectivity index (χ2v) is 6.19. The number of nitrogens with zero attached hydrogens (tertiary/aromatic N) is 2. The Morgan fingerprint density at radius 2 is 2.26 bits per heavy atom. The van der Waals surface area contributed by atoms with Gasteiger partial charge in [0.1, 0.15) is 0 Å². The lowest BCUT2D eigenvalue weighted by Gasteiger charge is -2.16. The van der Waals surface area contributed by atoms with E-state index in [1.54, 1.807) is 11.3 Å². The van der Waals surface area contributed by atoms with Crippen molar-refractivity contribution in [2.24, 2.45) is 5.41 Å². The van der Waals surface area contributed by atoms with Gasteiger partial charge in [-0.2, -0.15) is 4.98 Å². The first-order valence-electron chi connectivity index (χ1n) is 6.11. The number of carbonyl (C=O) groups is 1. The molecule has 2 heterocycles. The molecule has 2 aromatic heterocycles. The average molecular weight is 279 g/mol. The number of nitrogens with one attached hydrogen (secondary N) is 1. The SMILES string of the molecule is CC(C)(C)C(=O)NCCc1nc(-c2cccs2)no1. The van der Waals surface area contributed by atoms with Crippen molar-refractivity contribution < 1.29 is 9.32 Å². The summed E-state index contributed by atoms with van der Waals surface area (Å²) in [5.74, 6) is 1.16. The van der Waals surface area contributed by atoms with Gasteiger partial charge < -0.3 is 9.84 Å². The van der Waals surface area contributed by atoms with E-state index in [2.05, 4.69) is 15.5 Å². The molecule has 1 amide bonds. The summed E-state index contributed by atoms with van der Waals surface area (Å²) in [7, 11) is 0. The summed E-state index contributed by atoms with van der Waals surface area (Å²) in [6.45, 7) is 6.14. The molecule has 19 heavy (non-hydrogen) atoms. The van der Waals surface area contributed by atoms with Gasteiger partial charge in [-0.1, -0.05) is 32.0 Å². The Morgan fingerprint density at radius 3 is 2.89 bits per heavy atom. The summed E-state index contributed by atoms with van der Waals surface area (Å²) in [5, 5.41) is 8.73. The van der Waals surface area contributed by atoms with Gasteiger partial charge >= 0.3 is 0 Å². The van der Waals surface area contributed by atoms with Crippen molar-refractivity contribution in [3.63, 3.8) is 0 Å². The minimum atomic E-state index is -0.378. The highest BCUT2D eigenvalue weighted by Crippen LogP contribution is 2.21. The van der Waals surface area contributed by atoms with Crippen LogP contribution in [0.5, 0.6) is 0 Å². The Balaban J connectivity index is 1.86. The van der Waals surface area contributed by atoms with Crippen molar-refractivity contribution in [3.8, 4) is 10.7 Å². The third kappa shape index (κ3) is 3.64. The molecular formula is C13H17N3O2S. The zero-order chi connectivity index (χ0) is 13.9. The lowest BCUT2D eigenvalue weighted by Crippen LogP contribution is -2.35. The van der Waals surface area contributed by atoms with Crippen LogP contribution in [0.1, 0.15) is 26.7 Å². The van der Waals surface area contributed by atoms with Gasteiger partial charge in [0.2, 0.25) is 17.6 Å².